The van der Waals surface area contributed by atoms with Crippen molar-refractivity contribution in [2.45, 2.75) is 12.7 Å². The Bertz CT molecular complexity index is 820. The first-order valence-electron chi connectivity index (χ1n) is 8.26. The van der Waals surface area contributed by atoms with Gasteiger partial charge in [0.2, 0.25) is 0 Å². The number of alkyl halides is 3. The normalized spacial score (nSPS) is 15.8. The number of carboxylic acid groups (broad SMARTS) is 1. The second kappa shape index (κ2) is 7.74. The number of pyridine rings is 1. The van der Waals surface area contributed by atoms with Gasteiger partial charge < -0.3 is 10.0 Å². The maximum atomic E-state index is 12.7. The van der Waals surface area contributed by atoms with Crippen LogP contribution >= 0.6 is 11.6 Å². The van der Waals surface area contributed by atoms with Crippen LogP contribution in [0.15, 0.2) is 36.5 Å². The molecule has 0 radical (unpaired) electrons. The third-order valence-electron chi connectivity index (χ3n) is 4.43. The number of rotatable bonds is 4. The zero-order valence-corrected chi connectivity index (χ0v) is 15.0. The van der Waals surface area contributed by atoms with Crippen molar-refractivity contribution < 1.29 is 23.1 Å². The number of piperazine rings is 1. The number of carbonyl (C=O) groups is 1. The van der Waals surface area contributed by atoms with E-state index in [4.69, 9.17) is 16.7 Å². The van der Waals surface area contributed by atoms with Crippen molar-refractivity contribution in [2.24, 2.45) is 0 Å². The van der Waals surface area contributed by atoms with Crippen molar-refractivity contribution in [3.8, 4) is 0 Å². The Labute approximate surface area is 159 Å². The van der Waals surface area contributed by atoms with E-state index < -0.39 is 17.7 Å². The van der Waals surface area contributed by atoms with Gasteiger partial charge in [-0.25, -0.2) is 9.78 Å². The molecule has 2 aromatic rings. The molecule has 0 bridgehead atoms. The number of hydrogen-bond donors (Lipinski definition) is 1. The first kappa shape index (κ1) is 19.4. The summed E-state index contributed by atoms with van der Waals surface area (Å²) < 4.78 is 38.2. The molecule has 3 rings (SSSR count). The summed E-state index contributed by atoms with van der Waals surface area (Å²) in [5.41, 5.74) is 0.380. The van der Waals surface area contributed by atoms with E-state index in [2.05, 4.69) is 9.88 Å². The Hall–Kier alpha value is -2.32. The molecular formula is C18H17ClF3N3O2. The minimum absolute atomic E-state index is 0.0115. The van der Waals surface area contributed by atoms with E-state index in [1.165, 1.54) is 0 Å². The monoisotopic (exact) mass is 399 g/mol. The largest absolute Gasteiger partial charge is 0.478 e. The minimum Gasteiger partial charge on any atom is -0.478 e. The highest BCUT2D eigenvalue weighted by Gasteiger charge is 2.32. The molecule has 1 aliphatic heterocycles. The average molecular weight is 400 g/mol. The third kappa shape index (κ3) is 4.70. The molecule has 1 fully saturated rings. The van der Waals surface area contributed by atoms with Crippen molar-refractivity contribution >= 4 is 23.4 Å². The first-order valence-corrected chi connectivity index (χ1v) is 8.64. The molecule has 1 aromatic heterocycles. The van der Waals surface area contributed by atoms with Crippen molar-refractivity contribution in [1.82, 2.24) is 9.88 Å². The number of carboxylic acids is 1. The van der Waals surface area contributed by atoms with Crippen LogP contribution in [0, 0.1) is 0 Å². The lowest BCUT2D eigenvalue weighted by atomic mass is 10.1. The van der Waals surface area contributed by atoms with E-state index >= 15 is 0 Å². The Kier molecular flexibility index (Phi) is 5.57. The van der Waals surface area contributed by atoms with E-state index in [9.17, 15) is 18.0 Å². The first-order chi connectivity index (χ1) is 12.7. The fraction of sp³-hybridized carbons (Fsp3) is 0.333. The maximum absolute atomic E-state index is 12.7. The molecule has 0 aliphatic carbocycles. The molecule has 0 amide bonds. The molecule has 0 atom stereocenters. The quantitative estimate of drug-likeness (QED) is 0.848. The van der Waals surface area contributed by atoms with Crippen molar-refractivity contribution in [3.63, 3.8) is 0 Å². The highest BCUT2D eigenvalue weighted by atomic mass is 35.5. The molecule has 0 unspecified atom stereocenters. The molecule has 0 saturated carbocycles. The lowest BCUT2D eigenvalue weighted by molar-refractivity contribution is -0.137. The summed E-state index contributed by atoms with van der Waals surface area (Å²) in [6.07, 6.45) is -3.67. The van der Waals surface area contributed by atoms with Gasteiger partial charge in [0.15, 0.2) is 0 Å². The second-order valence-electron chi connectivity index (χ2n) is 6.29. The maximum Gasteiger partial charge on any atom is 0.417 e. The van der Waals surface area contributed by atoms with E-state index in [1.54, 1.807) is 24.3 Å². The standard InChI is InChI=1S/C18H17ClF3N3O2/c19-15-9-14(18(20,21)22)10-23-16(15)25-7-5-24(6-8-25)11-12-1-3-13(4-2-12)17(26)27/h1-4,9-10H,5-8,11H2,(H,26,27). The van der Waals surface area contributed by atoms with Gasteiger partial charge in [-0.2, -0.15) is 13.2 Å². The molecule has 0 spiro atoms. The molecule has 5 nitrogen and oxygen atoms in total. The smallest absolute Gasteiger partial charge is 0.417 e. The van der Waals surface area contributed by atoms with Gasteiger partial charge in [0.25, 0.3) is 0 Å². The number of nitrogens with zero attached hydrogens (tertiary/aromatic N) is 3. The van der Waals surface area contributed by atoms with Crippen LogP contribution in [-0.4, -0.2) is 47.1 Å². The predicted molar refractivity (Wildman–Crippen MR) is 95.1 cm³/mol. The summed E-state index contributed by atoms with van der Waals surface area (Å²) in [5, 5.41) is 8.91. The second-order valence-corrected chi connectivity index (χ2v) is 6.70. The highest BCUT2D eigenvalue weighted by Crippen LogP contribution is 2.33. The Morgan fingerprint density at radius 1 is 1.15 bits per heavy atom. The topological polar surface area (TPSA) is 56.7 Å². The zero-order valence-electron chi connectivity index (χ0n) is 14.2. The van der Waals surface area contributed by atoms with Gasteiger partial charge >= 0.3 is 12.1 Å². The minimum atomic E-state index is -4.47. The number of hydrogen-bond acceptors (Lipinski definition) is 4. The molecule has 1 aliphatic rings. The highest BCUT2D eigenvalue weighted by molar-refractivity contribution is 6.33. The van der Waals surface area contributed by atoms with E-state index in [-0.39, 0.29) is 10.6 Å². The van der Waals surface area contributed by atoms with Crippen LogP contribution in [0.3, 0.4) is 0 Å². The summed E-state index contributed by atoms with van der Waals surface area (Å²) in [6.45, 7) is 3.23. The van der Waals surface area contributed by atoms with Gasteiger partial charge in [-0.05, 0) is 23.8 Å². The van der Waals surface area contributed by atoms with Crippen LogP contribution in [0.4, 0.5) is 19.0 Å². The third-order valence-corrected chi connectivity index (χ3v) is 4.71. The molecule has 144 valence electrons. The number of aromatic nitrogens is 1. The van der Waals surface area contributed by atoms with E-state index in [1.807, 2.05) is 4.90 Å². The molecule has 9 heteroatoms. The Morgan fingerprint density at radius 2 is 1.78 bits per heavy atom. The molecular weight excluding hydrogens is 383 g/mol. The van der Waals surface area contributed by atoms with Crippen LogP contribution < -0.4 is 4.90 Å². The number of benzene rings is 1. The molecule has 1 N–H and O–H groups in total. The fourth-order valence-electron chi connectivity index (χ4n) is 2.95. The van der Waals surface area contributed by atoms with Crippen LogP contribution in [0.25, 0.3) is 0 Å². The molecule has 27 heavy (non-hydrogen) atoms. The van der Waals surface area contributed by atoms with Crippen molar-refractivity contribution in [2.75, 3.05) is 31.1 Å². The fourth-order valence-corrected chi connectivity index (χ4v) is 3.23. The average Bonchev–Trinajstić information content (AvgIpc) is 2.62. The molecule has 1 saturated heterocycles. The van der Waals surface area contributed by atoms with Gasteiger partial charge in [0.05, 0.1) is 16.1 Å². The number of anilines is 1. The van der Waals surface area contributed by atoms with Crippen LogP contribution in [-0.2, 0) is 12.7 Å². The Morgan fingerprint density at radius 3 is 2.30 bits per heavy atom. The van der Waals surface area contributed by atoms with Crippen LogP contribution in [0.2, 0.25) is 5.02 Å². The van der Waals surface area contributed by atoms with Gasteiger partial charge in [-0.3, -0.25) is 4.90 Å². The van der Waals surface area contributed by atoms with Gasteiger partial charge in [0, 0.05) is 38.9 Å². The molecule has 1 aromatic carbocycles. The predicted octanol–water partition coefficient (Wildman–Crippen LogP) is 3.77. The van der Waals surface area contributed by atoms with Gasteiger partial charge in [0.1, 0.15) is 5.82 Å². The van der Waals surface area contributed by atoms with Crippen LogP contribution in [0.5, 0.6) is 0 Å². The van der Waals surface area contributed by atoms with Gasteiger partial charge in [-0.1, -0.05) is 23.7 Å². The van der Waals surface area contributed by atoms with Gasteiger partial charge in [-0.15, -0.1) is 0 Å². The SMILES string of the molecule is O=C(O)c1ccc(CN2CCN(c3ncc(C(F)(F)F)cc3Cl)CC2)cc1. The van der Waals surface area contributed by atoms with Crippen molar-refractivity contribution in [3.05, 3.63) is 58.2 Å². The zero-order chi connectivity index (χ0) is 19.6. The summed E-state index contributed by atoms with van der Waals surface area (Å²) in [5.74, 6) is -0.605. The Balaban J connectivity index is 1.59. The number of aromatic carboxylic acids is 1. The lowest BCUT2D eigenvalue weighted by Crippen LogP contribution is -2.46. The summed E-state index contributed by atoms with van der Waals surface area (Å²) >= 11 is 6.01. The summed E-state index contributed by atoms with van der Waals surface area (Å²) in [4.78, 5) is 18.8. The lowest BCUT2D eigenvalue weighted by Gasteiger charge is -2.35. The molecule has 2 heterocycles. The van der Waals surface area contributed by atoms with E-state index in [0.717, 1.165) is 17.8 Å². The number of halogens is 4. The summed E-state index contributed by atoms with van der Waals surface area (Å²) in [6, 6.07) is 7.61. The van der Waals surface area contributed by atoms with E-state index in [0.29, 0.717) is 38.5 Å². The van der Waals surface area contributed by atoms with Crippen molar-refractivity contribution in [1.29, 1.82) is 0 Å². The van der Waals surface area contributed by atoms with Crippen LogP contribution in [0.1, 0.15) is 21.5 Å². The summed E-state index contributed by atoms with van der Waals surface area (Å²) in [7, 11) is 0.